The highest BCUT2D eigenvalue weighted by atomic mass is 35.5. The minimum absolute atomic E-state index is 0.0334. The molecule has 0 spiro atoms. The molecule has 0 aliphatic carbocycles. The van der Waals surface area contributed by atoms with Crippen molar-refractivity contribution >= 4 is 28.3 Å². The highest BCUT2D eigenvalue weighted by Gasteiger charge is 2.17. The second kappa shape index (κ2) is 3.90. The minimum Gasteiger partial charge on any atom is -0.481 e. The molecule has 0 amide bonds. The second-order valence-corrected chi connectivity index (χ2v) is 3.31. The molecule has 0 bridgehead atoms. The lowest BCUT2D eigenvalue weighted by molar-refractivity contribution is -0.384. The van der Waals surface area contributed by atoms with Crippen LogP contribution in [0.4, 0.5) is 5.69 Å². The van der Waals surface area contributed by atoms with Crippen molar-refractivity contribution in [2.75, 3.05) is 7.11 Å². The number of methoxy groups -OCH3 is 1. The van der Waals surface area contributed by atoms with Crippen molar-refractivity contribution in [2.45, 2.75) is 0 Å². The largest absolute Gasteiger partial charge is 0.481 e. The molecule has 0 fully saturated rings. The summed E-state index contributed by atoms with van der Waals surface area (Å²) in [5.74, 6) is 0.330. The summed E-state index contributed by atoms with van der Waals surface area (Å²) in [6.07, 6.45) is 1.11. The first kappa shape index (κ1) is 10.6. The van der Waals surface area contributed by atoms with Crippen LogP contribution in [0.25, 0.3) is 11.0 Å². The molecule has 0 aliphatic heterocycles. The Hall–Kier alpha value is -1.95. The summed E-state index contributed by atoms with van der Waals surface area (Å²) in [4.78, 5) is 18.0. The van der Waals surface area contributed by atoms with Gasteiger partial charge in [-0.2, -0.15) is 0 Å². The molecule has 0 N–H and O–H groups in total. The molecule has 2 rings (SSSR count). The van der Waals surface area contributed by atoms with Gasteiger partial charge in [0.05, 0.1) is 17.5 Å². The number of hydrogen-bond acceptors (Lipinski definition) is 5. The maximum absolute atomic E-state index is 10.6. The highest BCUT2D eigenvalue weighted by molar-refractivity contribution is 6.36. The van der Waals surface area contributed by atoms with E-state index in [0.717, 1.165) is 6.20 Å². The van der Waals surface area contributed by atoms with Gasteiger partial charge in [0.2, 0.25) is 5.88 Å². The first-order chi connectivity index (χ1) is 7.63. The molecule has 0 unspecified atom stereocenters. The van der Waals surface area contributed by atoms with Crippen molar-refractivity contribution in [3.63, 3.8) is 0 Å². The number of ether oxygens (including phenoxy) is 1. The van der Waals surface area contributed by atoms with Gasteiger partial charge in [-0.3, -0.25) is 10.1 Å². The predicted molar refractivity (Wildman–Crippen MR) is 57.8 cm³/mol. The molecule has 2 aromatic rings. The molecule has 0 aromatic carbocycles. The fraction of sp³-hybridized carbons (Fsp3) is 0.111. The third-order valence-corrected chi connectivity index (χ3v) is 2.39. The van der Waals surface area contributed by atoms with Crippen LogP contribution >= 0.6 is 11.6 Å². The van der Waals surface area contributed by atoms with Gasteiger partial charge >= 0.3 is 5.69 Å². The first-order valence-electron chi connectivity index (χ1n) is 4.27. The monoisotopic (exact) mass is 239 g/mol. The van der Waals surface area contributed by atoms with E-state index in [1.165, 1.54) is 7.11 Å². The summed E-state index contributed by atoms with van der Waals surface area (Å²) in [5.41, 5.74) is 0.474. The van der Waals surface area contributed by atoms with Gasteiger partial charge in [0.1, 0.15) is 16.7 Å². The molecule has 0 saturated heterocycles. The lowest BCUT2D eigenvalue weighted by Crippen LogP contribution is -1.94. The van der Waals surface area contributed by atoms with E-state index in [2.05, 4.69) is 9.97 Å². The van der Waals surface area contributed by atoms with Gasteiger partial charge in [-0.25, -0.2) is 9.97 Å². The Labute approximate surface area is 95.0 Å². The average molecular weight is 240 g/mol. The summed E-state index contributed by atoms with van der Waals surface area (Å²) in [6.45, 7) is 0. The van der Waals surface area contributed by atoms with Crippen molar-refractivity contribution in [2.24, 2.45) is 0 Å². The Morgan fingerprint density at radius 1 is 1.50 bits per heavy atom. The Morgan fingerprint density at radius 3 is 2.88 bits per heavy atom. The van der Waals surface area contributed by atoms with Gasteiger partial charge in [0.25, 0.3) is 0 Å². The number of nitrogens with zero attached hydrogens (tertiary/aromatic N) is 3. The van der Waals surface area contributed by atoms with Crippen LogP contribution in [0.15, 0.2) is 18.3 Å². The van der Waals surface area contributed by atoms with Crippen molar-refractivity contribution in [3.05, 3.63) is 33.5 Å². The Bertz CT molecular complexity index is 573. The topological polar surface area (TPSA) is 78.2 Å². The van der Waals surface area contributed by atoms with E-state index < -0.39 is 4.92 Å². The Balaban J connectivity index is 2.75. The van der Waals surface area contributed by atoms with Gasteiger partial charge in [-0.05, 0) is 6.07 Å². The summed E-state index contributed by atoms with van der Waals surface area (Å²) in [5, 5.41) is 10.6. The molecule has 0 atom stereocenters. The molecule has 16 heavy (non-hydrogen) atoms. The van der Waals surface area contributed by atoms with Crippen LogP contribution in [0.5, 0.6) is 5.88 Å². The summed E-state index contributed by atoms with van der Waals surface area (Å²) in [7, 11) is 1.45. The van der Waals surface area contributed by atoms with E-state index in [4.69, 9.17) is 16.3 Å². The number of fused-ring (bicyclic) bond motifs is 1. The maximum Gasteiger partial charge on any atom is 0.308 e. The smallest absolute Gasteiger partial charge is 0.308 e. The molecule has 2 aromatic heterocycles. The standard InChI is InChI=1S/C9H6ClN3O3/c1-16-7-3-2-5-9(12-7)8(10)6(4-11-5)13(14)15/h2-4H,1H3. The zero-order chi connectivity index (χ0) is 11.7. The molecular formula is C9H6ClN3O3. The lowest BCUT2D eigenvalue weighted by Gasteiger charge is -2.02. The predicted octanol–water partition coefficient (Wildman–Crippen LogP) is 2.20. The number of hydrogen-bond donors (Lipinski definition) is 0. The fourth-order valence-electron chi connectivity index (χ4n) is 1.25. The third-order valence-electron chi connectivity index (χ3n) is 2.01. The molecular weight excluding hydrogens is 234 g/mol. The molecule has 6 nitrogen and oxygen atoms in total. The summed E-state index contributed by atoms with van der Waals surface area (Å²) < 4.78 is 4.91. The quantitative estimate of drug-likeness (QED) is 0.593. The zero-order valence-corrected chi connectivity index (χ0v) is 8.93. The second-order valence-electron chi connectivity index (χ2n) is 2.94. The third kappa shape index (κ3) is 1.63. The average Bonchev–Trinajstić information content (AvgIpc) is 2.28. The van der Waals surface area contributed by atoms with Crippen LogP contribution in [0.3, 0.4) is 0 Å². The van der Waals surface area contributed by atoms with Gasteiger partial charge in [0.15, 0.2) is 0 Å². The maximum atomic E-state index is 10.6. The van der Waals surface area contributed by atoms with E-state index in [1.54, 1.807) is 12.1 Å². The van der Waals surface area contributed by atoms with E-state index in [0.29, 0.717) is 11.4 Å². The van der Waals surface area contributed by atoms with E-state index in [9.17, 15) is 10.1 Å². The Morgan fingerprint density at radius 2 is 2.25 bits per heavy atom. The molecule has 0 radical (unpaired) electrons. The molecule has 0 aliphatic rings. The number of pyridine rings is 2. The molecule has 0 saturated carbocycles. The zero-order valence-electron chi connectivity index (χ0n) is 8.18. The summed E-state index contributed by atoms with van der Waals surface area (Å²) in [6, 6.07) is 3.24. The lowest BCUT2D eigenvalue weighted by atomic mass is 10.3. The van der Waals surface area contributed by atoms with Crippen LogP contribution in [-0.4, -0.2) is 22.0 Å². The van der Waals surface area contributed by atoms with Crippen LogP contribution in [0, 0.1) is 10.1 Å². The van der Waals surface area contributed by atoms with E-state index in [-0.39, 0.29) is 16.2 Å². The highest BCUT2D eigenvalue weighted by Crippen LogP contribution is 2.30. The number of nitro groups is 1. The first-order valence-corrected chi connectivity index (χ1v) is 4.65. The van der Waals surface area contributed by atoms with Crippen molar-refractivity contribution in [1.82, 2.24) is 9.97 Å². The van der Waals surface area contributed by atoms with Gasteiger partial charge < -0.3 is 4.74 Å². The van der Waals surface area contributed by atoms with Gasteiger partial charge in [-0.1, -0.05) is 11.6 Å². The molecule has 82 valence electrons. The van der Waals surface area contributed by atoms with E-state index in [1.807, 2.05) is 0 Å². The Kier molecular flexibility index (Phi) is 2.57. The van der Waals surface area contributed by atoms with Crippen molar-refractivity contribution in [3.8, 4) is 5.88 Å². The van der Waals surface area contributed by atoms with Gasteiger partial charge in [0, 0.05) is 6.07 Å². The summed E-state index contributed by atoms with van der Waals surface area (Å²) >= 11 is 5.87. The number of rotatable bonds is 2. The minimum atomic E-state index is -0.601. The van der Waals surface area contributed by atoms with Crippen LogP contribution in [-0.2, 0) is 0 Å². The number of aromatic nitrogens is 2. The molecule has 2 heterocycles. The van der Waals surface area contributed by atoms with Crippen LogP contribution < -0.4 is 4.74 Å². The van der Waals surface area contributed by atoms with Crippen LogP contribution in [0.1, 0.15) is 0 Å². The molecule has 7 heteroatoms. The van der Waals surface area contributed by atoms with Crippen molar-refractivity contribution < 1.29 is 9.66 Å². The van der Waals surface area contributed by atoms with Crippen LogP contribution in [0.2, 0.25) is 5.02 Å². The fourth-order valence-corrected chi connectivity index (χ4v) is 1.51. The van der Waals surface area contributed by atoms with Crippen molar-refractivity contribution in [1.29, 1.82) is 0 Å². The SMILES string of the molecule is COc1ccc2ncc([N+](=O)[O-])c(Cl)c2n1. The number of halogens is 1. The normalized spacial score (nSPS) is 10.4. The van der Waals surface area contributed by atoms with E-state index >= 15 is 0 Å². The van der Waals surface area contributed by atoms with Gasteiger partial charge in [-0.15, -0.1) is 0 Å².